The van der Waals surface area contributed by atoms with Gasteiger partial charge in [0.15, 0.2) is 0 Å². The van der Waals surface area contributed by atoms with Crippen LogP contribution in [-0.2, 0) is 12.8 Å². The molecule has 0 saturated heterocycles. The van der Waals surface area contributed by atoms with Gasteiger partial charge in [0.25, 0.3) is 0 Å². The molecule has 0 bridgehead atoms. The Morgan fingerprint density at radius 1 is 1.33 bits per heavy atom. The van der Waals surface area contributed by atoms with Gasteiger partial charge in [-0.25, -0.2) is 0 Å². The molecule has 0 spiro atoms. The fourth-order valence-electron chi connectivity index (χ4n) is 1.48. The summed E-state index contributed by atoms with van der Waals surface area (Å²) in [6, 6.07) is 6.10. The first kappa shape index (κ1) is 10.2. The van der Waals surface area contributed by atoms with E-state index in [0.29, 0.717) is 0 Å². The number of rotatable bonds is 3. The molecule has 2 rings (SSSR count). The Labute approximate surface area is 93.5 Å². The van der Waals surface area contributed by atoms with Crippen LogP contribution in [0.2, 0.25) is 5.02 Å². The van der Waals surface area contributed by atoms with Crippen LogP contribution in [0.15, 0.2) is 24.4 Å². The Morgan fingerprint density at radius 2 is 2.20 bits per heavy atom. The van der Waals surface area contributed by atoms with E-state index in [0.717, 1.165) is 29.1 Å². The lowest BCUT2D eigenvalue weighted by atomic mass is 10.1. The third kappa shape index (κ3) is 2.57. The third-order valence-corrected chi connectivity index (χ3v) is 2.78. The Bertz CT molecular complexity index is 437. The summed E-state index contributed by atoms with van der Waals surface area (Å²) in [5.41, 5.74) is 3.39. The van der Waals surface area contributed by atoms with E-state index in [1.807, 2.05) is 13.0 Å². The van der Waals surface area contributed by atoms with Crippen molar-refractivity contribution in [2.45, 2.75) is 19.8 Å². The maximum absolute atomic E-state index is 5.95. The highest BCUT2D eigenvalue weighted by molar-refractivity contribution is 6.31. The van der Waals surface area contributed by atoms with Gasteiger partial charge < -0.3 is 0 Å². The molecule has 1 N–H and O–H groups in total. The van der Waals surface area contributed by atoms with E-state index in [4.69, 9.17) is 11.6 Å². The molecule has 0 radical (unpaired) electrons. The molecule has 0 unspecified atom stereocenters. The van der Waals surface area contributed by atoms with Gasteiger partial charge in [0.05, 0.1) is 11.9 Å². The van der Waals surface area contributed by atoms with E-state index in [9.17, 15) is 0 Å². The van der Waals surface area contributed by atoms with E-state index in [-0.39, 0.29) is 0 Å². The van der Waals surface area contributed by atoms with Crippen LogP contribution < -0.4 is 0 Å². The van der Waals surface area contributed by atoms with Crippen molar-refractivity contribution < 1.29 is 0 Å². The van der Waals surface area contributed by atoms with Crippen molar-refractivity contribution in [3.8, 4) is 0 Å². The molecule has 1 aromatic carbocycles. The van der Waals surface area contributed by atoms with Crippen LogP contribution in [0.25, 0.3) is 0 Å². The van der Waals surface area contributed by atoms with Gasteiger partial charge in [-0.1, -0.05) is 23.7 Å². The smallest absolute Gasteiger partial charge is 0.0828 e. The predicted octanol–water partition coefficient (Wildman–Crippen LogP) is 2.55. The summed E-state index contributed by atoms with van der Waals surface area (Å²) in [5.74, 6) is 0. The largest absolute Gasteiger partial charge is 0.198 e. The normalized spacial score (nSPS) is 10.5. The molecule has 0 aliphatic heterocycles. The Balaban J connectivity index is 2.02. The molecular weight excluding hydrogens is 210 g/mol. The van der Waals surface area contributed by atoms with Crippen molar-refractivity contribution in [1.82, 2.24) is 15.4 Å². The van der Waals surface area contributed by atoms with Crippen molar-refractivity contribution in [2.75, 3.05) is 0 Å². The highest BCUT2D eigenvalue weighted by atomic mass is 35.5. The average molecular weight is 222 g/mol. The molecular formula is C11H12ClN3. The summed E-state index contributed by atoms with van der Waals surface area (Å²) in [6.45, 7) is 2.02. The first-order valence-electron chi connectivity index (χ1n) is 4.85. The highest BCUT2D eigenvalue weighted by Crippen LogP contribution is 2.17. The summed E-state index contributed by atoms with van der Waals surface area (Å²) in [5, 5.41) is 11.2. The number of nitrogens with zero attached hydrogens (tertiary/aromatic N) is 2. The first-order valence-corrected chi connectivity index (χ1v) is 5.23. The minimum atomic E-state index is 0.820. The number of H-pyrrole nitrogens is 1. The SMILES string of the molecule is Cc1cc(CCc2cn[nH]n2)ccc1Cl. The number of hydrogen-bond donors (Lipinski definition) is 1. The van der Waals surface area contributed by atoms with E-state index < -0.39 is 0 Å². The van der Waals surface area contributed by atoms with E-state index in [1.54, 1.807) is 6.20 Å². The van der Waals surface area contributed by atoms with Crippen molar-refractivity contribution in [2.24, 2.45) is 0 Å². The minimum absolute atomic E-state index is 0.820. The van der Waals surface area contributed by atoms with Gasteiger partial charge in [-0.15, -0.1) is 0 Å². The van der Waals surface area contributed by atoms with Gasteiger partial charge in [-0.3, -0.25) is 0 Å². The van der Waals surface area contributed by atoms with Crippen molar-refractivity contribution in [3.05, 3.63) is 46.2 Å². The Kier molecular flexibility index (Phi) is 3.02. The van der Waals surface area contributed by atoms with Gasteiger partial charge in [-0.05, 0) is 37.0 Å². The first-order chi connectivity index (χ1) is 7.25. The summed E-state index contributed by atoms with van der Waals surface area (Å²) >= 11 is 5.95. The van der Waals surface area contributed by atoms with Crippen LogP contribution in [-0.4, -0.2) is 15.4 Å². The maximum atomic E-state index is 5.95. The van der Waals surface area contributed by atoms with E-state index in [2.05, 4.69) is 27.5 Å². The Morgan fingerprint density at radius 3 is 2.87 bits per heavy atom. The van der Waals surface area contributed by atoms with E-state index >= 15 is 0 Å². The molecule has 15 heavy (non-hydrogen) atoms. The number of benzene rings is 1. The lowest BCUT2D eigenvalue weighted by Crippen LogP contribution is -1.92. The molecule has 2 aromatic rings. The predicted molar refractivity (Wildman–Crippen MR) is 60.0 cm³/mol. The number of aromatic amines is 1. The van der Waals surface area contributed by atoms with Crippen LogP contribution >= 0.6 is 11.6 Å². The molecule has 0 aliphatic carbocycles. The Hall–Kier alpha value is -1.35. The summed E-state index contributed by atoms with van der Waals surface area (Å²) in [4.78, 5) is 0. The molecule has 0 aliphatic rings. The highest BCUT2D eigenvalue weighted by Gasteiger charge is 2.00. The number of aryl methyl sites for hydroxylation is 3. The fraction of sp³-hybridized carbons (Fsp3) is 0.273. The standard InChI is InChI=1S/C11H12ClN3/c1-8-6-9(3-5-11(8)12)2-4-10-7-13-15-14-10/h3,5-7H,2,4H2,1H3,(H,13,14,15). The van der Waals surface area contributed by atoms with E-state index in [1.165, 1.54) is 5.56 Å². The second-order valence-electron chi connectivity index (χ2n) is 3.54. The van der Waals surface area contributed by atoms with Crippen molar-refractivity contribution in [1.29, 1.82) is 0 Å². The average Bonchev–Trinajstić information content (AvgIpc) is 2.73. The molecule has 0 amide bonds. The van der Waals surface area contributed by atoms with Gasteiger partial charge in [0.1, 0.15) is 0 Å². The topological polar surface area (TPSA) is 41.6 Å². The monoisotopic (exact) mass is 221 g/mol. The summed E-state index contributed by atoms with van der Waals surface area (Å²) in [7, 11) is 0. The van der Waals surface area contributed by atoms with Crippen LogP contribution in [0.3, 0.4) is 0 Å². The quantitative estimate of drug-likeness (QED) is 0.866. The third-order valence-electron chi connectivity index (χ3n) is 2.36. The molecule has 0 saturated carbocycles. The van der Waals surface area contributed by atoms with Crippen molar-refractivity contribution in [3.63, 3.8) is 0 Å². The zero-order valence-corrected chi connectivity index (χ0v) is 9.25. The molecule has 4 heteroatoms. The second-order valence-corrected chi connectivity index (χ2v) is 3.95. The lowest BCUT2D eigenvalue weighted by Gasteiger charge is -2.02. The number of aromatic nitrogens is 3. The van der Waals surface area contributed by atoms with Crippen LogP contribution in [0, 0.1) is 6.92 Å². The van der Waals surface area contributed by atoms with Crippen LogP contribution in [0.4, 0.5) is 0 Å². The maximum Gasteiger partial charge on any atom is 0.0828 e. The summed E-state index contributed by atoms with van der Waals surface area (Å²) in [6.07, 6.45) is 3.62. The van der Waals surface area contributed by atoms with Gasteiger partial charge in [-0.2, -0.15) is 15.4 Å². The van der Waals surface area contributed by atoms with Crippen LogP contribution in [0.5, 0.6) is 0 Å². The number of hydrogen-bond acceptors (Lipinski definition) is 2. The number of halogens is 1. The number of nitrogens with one attached hydrogen (secondary N) is 1. The summed E-state index contributed by atoms with van der Waals surface area (Å²) < 4.78 is 0. The van der Waals surface area contributed by atoms with Crippen LogP contribution in [0.1, 0.15) is 16.8 Å². The van der Waals surface area contributed by atoms with Gasteiger partial charge in [0.2, 0.25) is 0 Å². The zero-order chi connectivity index (χ0) is 10.7. The van der Waals surface area contributed by atoms with Gasteiger partial charge in [0, 0.05) is 5.02 Å². The minimum Gasteiger partial charge on any atom is -0.198 e. The molecule has 0 fully saturated rings. The molecule has 3 nitrogen and oxygen atoms in total. The molecule has 1 aromatic heterocycles. The van der Waals surface area contributed by atoms with Crippen molar-refractivity contribution >= 4 is 11.6 Å². The fourth-order valence-corrected chi connectivity index (χ4v) is 1.60. The molecule has 0 atom stereocenters. The molecule has 1 heterocycles. The molecule has 78 valence electrons. The zero-order valence-electron chi connectivity index (χ0n) is 8.50. The van der Waals surface area contributed by atoms with Gasteiger partial charge >= 0.3 is 0 Å². The lowest BCUT2D eigenvalue weighted by molar-refractivity contribution is 0.870. The second kappa shape index (κ2) is 4.45.